The van der Waals surface area contributed by atoms with E-state index in [4.69, 9.17) is 4.74 Å². The molecule has 2 rings (SSSR count). The van der Waals surface area contributed by atoms with Crippen molar-refractivity contribution in [1.82, 2.24) is 10.2 Å². The van der Waals surface area contributed by atoms with Crippen LogP contribution in [0.4, 0.5) is 0 Å². The maximum absolute atomic E-state index is 6.15. The van der Waals surface area contributed by atoms with E-state index in [2.05, 4.69) is 24.1 Å². The molecule has 2 fully saturated rings. The van der Waals surface area contributed by atoms with E-state index < -0.39 is 0 Å². The molecule has 2 aliphatic rings. The Morgan fingerprint density at radius 2 is 2.00 bits per heavy atom. The van der Waals surface area contributed by atoms with Crippen LogP contribution in [-0.2, 0) is 4.74 Å². The van der Waals surface area contributed by atoms with Crippen molar-refractivity contribution in [2.45, 2.75) is 70.6 Å². The van der Waals surface area contributed by atoms with Gasteiger partial charge < -0.3 is 10.1 Å². The zero-order valence-electron chi connectivity index (χ0n) is 12.2. The molecule has 2 aliphatic heterocycles. The van der Waals surface area contributed by atoms with Crippen LogP contribution in [0, 0.1) is 0 Å². The van der Waals surface area contributed by atoms with E-state index in [-0.39, 0.29) is 0 Å². The molecule has 0 radical (unpaired) electrons. The molecule has 3 atom stereocenters. The van der Waals surface area contributed by atoms with Gasteiger partial charge in [-0.3, -0.25) is 4.90 Å². The second kappa shape index (κ2) is 7.46. The second-order valence-corrected chi connectivity index (χ2v) is 6.00. The smallest absolute Gasteiger partial charge is 0.0707 e. The van der Waals surface area contributed by atoms with Gasteiger partial charge in [0.25, 0.3) is 0 Å². The van der Waals surface area contributed by atoms with Crippen molar-refractivity contribution in [3.8, 4) is 0 Å². The number of piperidine rings is 1. The lowest BCUT2D eigenvalue weighted by molar-refractivity contribution is 0.00985. The van der Waals surface area contributed by atoms with Gasteiger partial charge in [0.15, 0.2) is 0 Å². The first-order valence-electron chi connectivity index (χ1n) is 7.89. The van der Waals surface area contributed by atoms with Gasteiger partial charge in [-0.1, -0.05) is 13.3 Å². The summed E-state index contributed by atoms with van der Waals surface area (Å²) in [6.07, 6.45) is 8.80. The SMILES string of the molecule is CCCNCC1CCC(CN2CCCCC2C)O1. The van der Waals surface area contributed by atoms with Gasteiger partial charge in [0.2, 0.25) is 0 Å². The van der Waals surface area contributed by atoms with Crippen molar-refractivity contribution in [3.05, 3.63) is 0 Å². The highest BCUT2D eigenvalue weighted by molar-refractivity contribution is 4.81. The van der Waals surface area contributed by atoms with Crippen LogP contribution in [0.1, 0.15) is 52.4 Å². The molecule has 0 amide bonds. The molecule has 0 aliphatic carbocycles. The number of nitrogens with zero attached hydrogens (tertiary/aromatic N) is 1. The summed E-state index contributed by atoms with van der Waals surface area (Å²) in [6.45, 7) is 9.18. The molecule has 0 aromatic heterocycles. The molecule has 0 saturated carbocycles. The fraction of sp³-hybridized carbons (Fsp3) is 1.00. The molecule has 0 bridgehead atoms. The minimum Gasteiger partial charge on any atom is -0.372 e. The topological polar surface area (TPSA) is 24.5 Å². The molecule has 2 heterocycles. The monoisotopic (exact) mass is 254 g/mol. The number of hydrogen-bond acceptors (Lipinski definition) is 3. The highest BCUT2D eigenvalue weighted by atomic mass is 16.5. The molecule has 3 nitrogen and oxygen atoms in total. The van der Waals surface area contributed by atoms with E-state index in [9.17, 15) is 0 Å². The fourth-order valence-electron chi connectivity index (χ4n) is 3.19. The summed E-state index contributed by atoms with van der Waals surface area (Å²) >= 11 is 0. The highest BCUT2D eigenvalue weighted by Gasteiger charge is 2.28. The molecule has 106 valence electrons. The summed E-state index contributed by atoms with van der Waals surface area (Å²) in [7, 11) is 0. The molecule has 2 saturated heterocycles. The summed E-state index contributed by atoms with van der Waals surface area (Å²) in [6, 6.07) is 0.764. The lowest BCUT2D eigenvalue weighted by Crippen LogP contribution is -2.42. The molecular weight excluding hydrogens is 224 g/mol. The Kier molecular flexibility index (Phi) is 5.93. The molecule has 0 spiro atoms. The predicted octanol–water partition coefficient (Wildman–Crippen LogP) is 2.41. The van der Waals surface area contributed by atoms with Gasteiger partial charge >= 0.3 is 0 Å². The van der Waals surface area contributed by atoms with Crippen molar-refractivity contribution in [2.75, 3.05) is 26.2 Å². The normalized spacial score (nSPS) is 34.0. The average molecular weight is 254 g/mol. The minimum absolute atomic E-state index is 0.460. The third-order valence-corrected chi connectivity index (χ3v) is 4.37. The zero-order chi connectivity index (χ0) is 12.8. The molecule has 3 unspecified atom stereocenters. The average Bonchev–Trinajstić information content (AvgIpc) is 2.80. The van der Waals surface area contributed by atoms with Crippen molar-refractivity contribution in [2.24, 2.45) is 0 Å². The number of hydrogen-bond donors (Lipinski definition) is 1. The molecule has 0 aromatic rings. The second-order valence-electron chi connectivity index (χ2n) is 6.00. The highest BCUT2D eigenvalue weighted by Crippen LogP contribution is 2.23. The van der Waals surface area contributed by atoms with Crippen LogP contribution < -0.4 is 5.32 Å². The molecular formula is C15H30N2O. The Hall–Kier alpha value is -0.120. The van der Waals surface area contributed by atoms with Gasteiger partial charge in [-0.2, -0.15) is 0 Å². The first-order valence-corrected chi connectivity index (χ1v) is 7.89. The van der Waals surface area contributed by atoms with Gasteiger partial charge in [-0.15, -0.1) is 0 Å². The standard InChI is InChI=1S/C15H30N2O/c1-3-9-16-11-14-7-8-15(18-14)12-17-10-5-4-6-13(17)2/h13-16H,3-12H2,1-2H3. The summed E-state index contributed by atoms with van der Waals surface area (Å²) in [4.78, 5) is 2.63. The molecule has 3 heteroatoms. The van der Waals surface area contributed by atoms with E-state index in [1.165, 1.54) is 45.1 Å². The molecule has 1 N–H and O–H groups in total. The molecule has 18 heavy (non-hydrogen) atoms. The Labute approximate surface area is 112 Å². The van der Waals surface area contributed by atoms with Crippen LogP contribution in [-0.4, -0.2) is 49.3 Å². The van der Waals surface area contributed by atoms with Gasteiger partial charge in [0.05, 0.1) is 12.2 Å². The number of likely N-dealkylation sites (tertiary alicyclic amines) is 1. The van der Waals surface area contributed by atoms with Crippen molar-refractivity contribution in [3.63, 3.8) is 0 Å². The number of ether oxygens (including phenoxy) is 1. The van der Waals surface area contributed by atoms with Gasteiger partial charge in [0.1, 0.15) is 0 Å². The Bertz CT molecular complexity index is 235. The van der Waals surface area contributed by atoms with Crippen LogP contribution in [0.3, 0.4) is 0 Å². The van der Waals surface area contributed by atoms with Crippen LogP contribution in [0.15, 0.2) is 0 Å². The van der Waals surface area contributed by atoms with Crippen LogP contribution in [0.5, 0.6) is 0 Å². The zero-order valence-corrected chi connectivity index (χ0v) is 12.2. The van der Waals surface area contributed by atoms with E-state index in [1.807, 2.05) is 0 Å². The third-order valence-electron chi connectivity index (χ3n) is 4.37. The van der Waals surface area contributed by atoms with Crippen molar-refractivity contribution in [1.29, 1.82) is 0 Å². The fourth-order valence-corrected chi connectivity index (χ4v) is 3.19. The summed E-state index contributed by atoms with van der Waals surface area (Å²) in [5.74, 6) is 0. The van der Waals surface area contributed by atoms with Gasteiger partial charge in [-0.25, -0.2) is 0 Å². The van der Waals surface area contributed by atoms with Gasteiger partial charge in [0, 0.05) is 19.1 Å². The predicted molar refractivity (Wildman–Crippen MR) is 75.9 cm³/mol. The van der Waals surface area contributed by atoms with E-state index in [1.54, 1.807) is 0 Å². The number of nitrogens with one attached hydrogen (secondary N) is 1. The lowest BCUT2D eigenvalue weighted by Gasteiger charge is -2.35. The maximum Gasteiger partial charge on any atom is 0.0707 e. The van der Waals surface area contributed by atoms with Crippen molar-refractivity contribution >= 4 is 0 Å². The largest absolute Gasteiger partial charge is 0.372 e. The van der Waals surface area contributed by atoms with Crippen LogP contribution >= 0.6 is 0 Å². The number of rotatable bonds is 6. The maximum atomic E-state index is 6.15. The molecule has 0 aromatic carbocycles. The van der Waals surface area contributed by atoms with E-state index in [0.717, 1.165) is 25.7 Å². The van der Waals surface area contributed by atoms with Crippen molar-refractivity contribution < 1.29 is 4.74 Å². The minimum atomic E-state index is 0.460. The third kappa shape index (κ3) is 4.22. The summed E-state index contributed by atoms with van der Waals surface area (Å²) in [5, 5.41) is 3.47. The first kappa shape index (κ1) is 14.3. The van der Waals surface area contributed by atoms with Gasteiger partial charge in [-0.05, 0) is 52.1 Å². The van der Waals surface area contributed by atoms with Crippen LogP contribution in [0.2, 0.25) is 0 Å². The Morgan fingerprint density at radius 3 is 2.78 bits per heavy atom. The van der Waals surface area contributed by atoms with E-state index >= 15 is 0 Å². The Balaban J connectivity index is 1.65. The Morgan fingerprint density at radius 1 is 1.17 bits per heavy atom. The lowest BCUT2D eigenvalue weighted by atomic mass is 10.0. The summed E-state index contributed by atoms with van der Waals surface area (Å²) < 4.78 is 6.15. The van der Waals surface area contributed by atoms with E-state index in [0.29, 0.717) is 12.2 Å². The van der Waals surface area contributed by atoms with Crippen LogP contribution in [0.25, 0.3) is 0 Å². The summed E-state index contributed by atoms with van der Waals surface area (Å²) in [5.41, 5.74) is 0. The quantitative estimate of drug-likeness (QED) is 0.737. The first-order chi connectivity index (χ1) is 8.79.